The third-order valence-corrected chi connectivity index (χ3v) is 1.88. The summed E-state index contributed by atoms with van der Waals surface area (Å²) in [6, 6.07) is 1.20. The zero-order valence-electron chi connectivity index (χ0n) is 7.45. The first-order valence-corrected chi connectivity index (χ1v) is 3.99. The third kappa shape index (κ3) is 2.47. The number of hydrogen-bond acceptors (Lipinski definition) is 2. The molecule has 15 heavy (non-hydrogen) atoms. The molecule has 6 heteroatoms. The molecule has 0 spiro atoms. The third-order valence-electron chi connectivity index (χ3n) is 1.88. The molecule has 82 valence electrons. The molecule has 0 fully saturated rings. The second kappa shape index (κ2) is 4.31. The fourth-order valence-corrected chi connectivity index (χ4v) is 1.06. The van der Waals surface area contributed by atoms with E-state index in [-0.39, 0.29) is 5.56 Å². The van der Waals surface area contributed by atoms with Gasteiger partial charge in [0.25, 0.3) is 6.43 Å². The Morgan fingerprint density at radius 3 is 2.40 bits per heavy atom. The molecule has 0 heterocycles. The molecule has 0 amide bonds. The summed E-state index contributed by atoms with van der Waals surface area (Å²) in [7, 11) is 0. The number of rotatable bonds is 3. The smallest absolute Gasteiger partial charge is 0.325 e. The summed E-state index contributed by atoms with van der Waals surface area (Å²) in [5, 5.41) is 8.51. The van der Waals surface area contributed by atoms with Crippen LogP contribution in [0.3, 0.4) is 0 Å². The molecule has 0 aliphatic carbocycles. The number of nitrogens with two attached hydrogens (primary N) is 1. The largest absolute Gasteiger partial charge is 0.480 e. The van der Waals surface area contributed by atoms with E-state index in [2.05, 4.69) is 0 Å². The number of aliphatic carboxylic acids is 1. The van der Waals surface area contributed by atoms with Crippen LogP contribution in [0.2, 0.25) is 0 Å². The molecule has 0 radical (unpaired) electrons. The van der Waals surface area contributed by atoms with Gasteiger partial charge in [-0.05, 0) is 11.6 Å². The molecule has 0 aliphatic rings. The molecule has 1 rings (SSSR count). The minimum absolute atomic E-state index is 0.0515. The van der Waals surface area contributed by atoms with Gasteiger partial charge in [-0.3, -0.25) is 4.79 Å². The Morgan fingerprint density at radius 1 is 1.40 bits per heavy atom. The molecule has 0 aromatic heterocycles. The van der Waals surface area contributed by atoms with Crippen LogP contribution in [-0.4, -0.2) is 11.1 Å². The van der Waals surface area contributed by atoms with Gasteiger partial charge >= 0.3 is 5.97 Å². The van der Waals surface area contributed by atoms with Gasteiger partial charge in [-0.25, -0.2) is 13.2 Å². The summed E-state index contributed by atoms with van der Waals surface area (Å²) in [5.41, 5.74) is 4.36. The summed E-state index contributed by atoms with van der Waals surface area (Å²) in [6.45, 7) is 0. The van der Waals surface area contributed by atoms with Crippen molar-refractivity contribution in [3.63, 3.8) is 0 Å². The Bertz CT molecular complexity index is 382. The van der Waals surface area contributed by atoms with Crippen molar-refractivity contribution in [2.24, 2.45) is 5.73 Å². The van der Waals surface area contributed by atoms with E-state index < -0.39 is 29.8 Å². The van der Waals surface area contributed by atoms with Gasteiger partial charge in [0, 0.05) is 0 Å². The summed E-state index contributed by atoms with van der Waals surface area (Å²) in [6.07, 6.45) is -2.93. The lowest BCUT2D eigenvalue weighted by molar-refractivity contribution is -0.138. The zero-order chi connectivity index (χ0) is 11.6. The van der Waals surface area contributed by atoms with E-state index in [0.29, 0.717) is 6.07 Å². The van der Waals surface area contributed by atoms with E-state index in [9.17, 15) is 18.0 Å². The maximum absolute atomic E-state index is 13.0. The first-order chi connectivity index (χ1) is 6.93. The second-order valence-corrected chi connectivity index (χ2v) is 2.90. The van der Waals surface area contributed by atoms with Crippen LogP contribution in [0.4, 0.5) is 13.2 Å². The van der Waals surface area contributed by atoms with Crippen molar-refractivity contribution >= 4 is 5.97 Å². The molecule has 1 atom stereocenters. The fraction of sp³-hybridized carbons (Fsp3) is 0.222. The molecular formula is C9H8F3NO2. The van der Waals surface area contributed by atoms with Gasteiger partial charge in [0.1, 0.15) is 11.9 Å². The van der Waals surface area contributed by atoms with Gasteiger partial charge in [0.15, 0.2) is 0 Å². The first-order valence-electron chi connectivity index (χ1n) is 3.99. The van der Waals surface area contributed by atoms with E-state index in [1.807, 2.05) is 0 Å². The average molecular weight is 219 g/mol. The Balaban J connectivity index is 3.06. The maximum atomic E-state index is 13.0. The zero-order valence-corrected chi connectivity index (χ0v) is 7.45. The van der Waals surface area contributed by atoms with Gasteiger partial charge < -0.3 is 10.8 Å². The summed E-state index contributed by atoms with van der Waals surface area (Å²) < 4.78 is 37.3. The van der Waals surface area contributed by atoms with E-state index in [1.54, 1.807) is 0 Å². The van der Waals surface area contributed by atoms with Crippen LogP contribution in [0.15, 0.2) is 18.2 Å². The number of halogens is 3. The lowest BCUT2D eigenvalue weighted by atomic mass is 10.1. The summed E-state index contributed by atoms with van der Waals surface area (Å²) >= 11 is 0. The predicted molar refractivity (Wildman–Crippen MR) is 45.9 cm³/mol. The van der Waals surface area contributed by atoms with Crippen molar-refractivity contribution in [3.8, 4) is 0 Å². The number of carboxylic acids is 1. The van der Waals surface area contributed by atoms with Crippen LogP contribution >= 0.6 is 0 Å². The van der Waals surface area contributed by atoms with Crippen molar-refractivity contribution in [3.05, 3.63) is 35.1 Å². The fourth-order valence-electron chi connectivity index (χ4n) is 1.06. The highest BCUT2D eigenvalue weighted by molar-refractivity contribution is 5.75. The number of carbonyl (C=O) groups is 1. The molecule has 0 saturated carbocycles. The molecule has 0 bridgehead atoms. The van der Waals surface area contributed by atoms with Crippen molar-refractivity contribution < 1.29 is 23.1 Å². The molecule has 0 aliphatic heterocycles. The predicted octanol–water partition coefficient (Wildman–Crippen LogP) is 1.85. The molecular weight excluding hydrogens is 211 g/mol. The highest BCUT2D eigenvalue weighted by atomic mass is 19.3. The van der Waals surface area contributed by atoms with Gasteiger partial charge in [-0.2, -0.15) is 0 Å². The van der Waals surface area contributed by atoms with Gasteiger partial charge in [0.05, 0.1) is 5.56 Å². The molecule has 3 N–H and O–H groups in total. The number of hydrogen-bond donors (Lipinski definition) is 2. The Kier molecular flexibility index (Phi) is 3.31. The van der Waals surface area contributed by atoms with Crippen LogP contribution in [0.1, 0.15) is 23.6 Å². The lowest BCUT2D eigenvalue weighted by Crippen LogP contribution is -2.20. The Labute approximate surface area is 83.3 Å². The van der Waals surface area contributed by atoms with Crippen LogP contribution < -0.4 is 5.73 Å². The monoisotopic (exact) mass is 219 g/mol. The Morgan fingerprint density at radius 2 is 2.00 bits per heavy atom. The van der Waals surface area contributed by atoms with Crippen molar-refractivity contribution in [1.82, 2.24) is 0 Å². The van der Waals surface area contributed by atoms with Crippen LogP contribution in [0.25, 0.3) is 0 Å². The van der Waals surface area contributed by atoms with Gasteiger partial charge in [-0.1, -0.05) is 12.1 Å². The van der Waals surface area contributed by atoms with E-state index in [4.69, 9.17) is 10.8 Å². The molecule has 0 unspecified atom stereocenters. The van der Waals surface area contributed by atoms with E-state index in [1.165, 1.54) is 0 Å². The first kappa shape index (κ1) is 11.5. The molecule has 0 saturated heterocycles. The maximum Gasteiger partial charge on any atom is 0.325 e. The molecule has 1 aromatic rings. The average Bonchev–Trinajstić information content (AvgIpc) is 2.15. The van der Waals surface area contributed by atoms with Crippen molar-refractivity contribution in [2.45, 2.75) is 12.5 Å². The summed E-state index contributed by atoms with van der Waals surface area (Å²) in [5.74, 6) is -2.50. The van der Waals surface area contributed by atoms with Crippen molar-refractivity contribution in [2.75, 3.05) is 0 Å². The van der Waals surface area contributed by atoms with Crippen molar-refractivity contribution in [1.29, 1.82) is 0 Å². The number of benzene rings is 1. The van der Waals surface area contributed by atoms with E-state index in [0.717, 1.165) is 12.1 Å². The second-order valence-electron chi connectivity index (χ2n) is 2.90. The SMILES string of the molecule is N[C@@H](C(=O)O)c1ccc(C(F)F)c(F)c1. The molecule has 3 nitrogen and oxygen atoms in total. The van der Waals surface area contributed by atoms with E-state index >= 15 is 0 Å². The minimum atomic E-state index is -2.93. The normalized spacial score (nSPS) is 12.9. The van der Waals surface area contributed by atoms with Crippen LogP contribution in [0.5, 0.6) is 0 Å². The lowest BCUT2D eigenvalue weighted by Gasteiger charge is -2.08. The Hall–Kier alpha value is -1.56. The van der Waals surface area contributed by atoms with Crippen LogP contribution in [-0.2, 0) is 4.79 Å². The van der Waals surface area contributed by atoms with Crippen LogP contribution in [0, 0.1) is 5.82 Å². The molecule has 1 aromatic carbocycles. The van der Waals surface area contributed by atoms with Gasteiger partial charge in [-0.15, -0.1) is 0 Å². The standard InChI is InChI=1S/C9H8F3NO2/c10-6-3-4(7(13)9(14)15)1-2-5(6)8(11)12/h1-3,7-8H,13H2,(H,14,15)/t7-/m1/s1. The quantitative estimate of drug-likeness (QED) is 0.815. The summed E-state index contributed by atoms with van der Waals surface area (Å²) in [4.78, 5) is 10.4. The minimum Gasteiger partial charge on any atom is -0.480 e. The van der Waals surface area contributed by atoms with Gasteiger partial charge in [0.2, 0.25) is 0 Å². The topological polar surface area (TPSA) is 63.3 Å². The highest BCUT2D eigenvalue weighted by Gasteiger charge is 2.18. The number of alkyl halides is 2. The number of carboxylic acid groups (broad SMARTS) is 1. The highest BCUT2D eigenvalue weighted by Crippen LogP contribution is 2.24.